The summed E-state index contributed by atoms with van der Waals surface area (Å²) in [6.07, 6.45) is 1.80. The molecule has 1 aromatic rings. The SMILES string of the molecule is COc1ccc(Cl)cc1S(=O)(=O)N1CCCC1C(C)C. The topological polar surface area (TPSA) is 46.6 Å². The number of hydrogen-bond acceptors (Lipinski definition) is 3. The molecule has 1 saturated heterocycles. The number of sulfonamides is 1. The van der Waals surface area contributed by atoms with E-state index in [1.807, 2.05) is 13.8 Å². The Morgan fingerprint density at radius 1 is 1.40 bits per heavy atom. The second-order valence-corrected chi connectivity index (χ2v) is 7.66. The molecular formula is C14H20ClNO3S. The minimum Gasteiger partial charge on any atom is -0.495 e. The van der Waals surface area contributed by atoms with Crippen molar-refractivity contribution in [2.24, 2.45) is 5.92 Å². The molecule has 0 bridgehead atoms. The van der Waals surface area contributed by atoms with Crippen LogP contribution in [0.5, 0.6) is 5.75 Å². The molecule has 1 fully saturated rings. The molecule has 1 aromatic carbocycles. The molecular weight excluding hydrogens is 298 g/mol. The predicted molar refractivity (Wildman–Crippen MR) is 79.8 cm³/mol. The Morgan fingerprint density at radius 3 is 2.70 bits per heavy atom. The zero-order valence-electron chi connectivity index (χ0n) is 12.0. The lowest BCUT2D eigenvalue weighted by molar-refractivity contribution is 0.313. The van der Waals surface area contributed by atoms with E-state index in [4.69, 9.17) is 16.3 Å². The van der Waals surface area contributed by atoms with Gasteiger partial charge in [0.15, 0.2) is 0 Å². The molecule has 0 saturated carbocycles. The van der Waals surface area contributed by atoms with Gasteiger partial charge in [0.2, 0.25) is 10.0 Å². The molecule has 1 heterocycles. The van der Waals surface area contributed by atoms with Gasteiger partial charge in [-0.2, -0.15) is 4.31 Å². The molecule has 0 amide bonds. The van der Waals surface area contributed by atoms with Gasteiger partial charge in [-0.1, -0.05) is 25.4 Å². The second-order valence-electron chi connectivity index (χ2n) is 5.36. The summed E-state index contributed by atoms with van der Waals surface area (Å²) in [7, 11) is -2.11. The monoisotopic (exact) mass is 317 g/mol. The standard InChI is InChI=1S/C14H20ClNO3S/c1-10(2)12-5-4-8-16(12)20(17,18)14-9-11(15)6-7-13(14)19-3/h6-7,9-10,12H,4-5,8H2,1-3H3. The van der Waals surface area contributed by atoms with Crippen molar-refractivity contribution in [2.75, 3.05) is 13.7 Å². The molecule has 6 heteroatoms. The van der Waals surface area contributed by atoms with Crippen molar-refractivity contribution in [3.63, 3.8) is 0 Å². The number of benzene rings is 1. The normalized spacial score (nSPS) is 20.6. The lowest BCUT2D eigenvalue weighted by atomic mass is 10.0. The van der Waals surface area contributed by atoms with Gasteiger partial charge in [-0.3, -0.25) is 0 Å². The smallest absolute Gasteiger partial charge is 0.247 e. The van der Waals surface area contributed by atoms with Gasteiger partial charge in [-0.15, -0.1) is 0 Å². The van der Waals surface area contributed by atoms with Gasteiger partial charge in [0.1, 0.15) is 10.6 Å². The third-order valence-corrected chi connectivity index (χ3v) is 5.91. The van der Waals surface area contributed by atoms with Crippen LogP contribution in [0, 0.1) is 5.92 Å². The van der Waals surface area contributed by atoms with Crippen LogP contribution < -0.4 is 4.74 Å². The quantitative estimate of drug-likeness (QED) is 0.857. The van der Waals surface area contributed by atoms with E-state index in [0.29, 0.717) is 17.3 Å². The Kier molecular flexibility index (Phi) is 4.62. The third-order valence-electron chi connectivity index (χ3n) is 3.73. The summed E-state index contributed by atoms with van der Waals surface area (Å²) in [5.41, 5.74) is 0. The van der Waals surface area contributed by atoms with Crippen LogP contribution >= 0.6 is 11.6 Å². The van der Waals surface area contributed by atoms with Crippen LogP contribution in [0.25, 0.3) is 0 Å². The zero-order chi connectivity index (χ0) is 14.9. The first-order valence-corrected chi connectivity index (χ1v) is 8.55. The molecule has 1 aliphatic heterocycles. The van der Waals surface area contributed by atoms with E-state index in [9.17, 15) is 8.42 Å². The van der Waals surface area contributed by atoms with Crippen LogP contribution in [-0.2, 0) is 10.0 Å². The maximum Gasteiger partial charge on any atom is 0.247 e. The molecule has 2 rings (SSSR count). The first-order chi connectivity index (χ1) is 9.37. The molecule has 1 unspecified atom stereocenters. The van der Waals surface area contributed by atoms with Gasteiger partial charge in [-0.25, -0.2) is 8.42 Å². The number of rotatable bonds is 4. The molecule has 1 atom stereocenters. The minimum absolute atomic E-state index is 0.0451. The van der Waals surface area contributed by atoms with E-state index in [-0.39, 0.29) is 16.9 Å². The average Bonchev–Trinajstić information content (AvgIpc) is 2.88. The number of hydrogen-bond donors (Lipinski definition) is 0. The lowest BCUT2D eigenvalue weighted by Crippen LogP contribution is -2.38. The Hall–Kier alpha value is -0.780. The highest BCUT2D eigenvalue weighted by molar-refractivity contribution is 7.89. The first kappa shape index (κ1) is 15.6. The zero-order valence-corrected chi connectivity index (χ0v) is 13.5. The highest BCUT2D eigenvalue weighted by atomic mass is 35.5. The fourth-order valence-corrected chi connectivity index (χ4v) is 4.95. The van der Waals surface area contributed by atoms with Gasteiger partial charge in [0.25, 0.3) is 0 Å². The maximum atomic E-state index is 12.9. The predicted octanol–water partition coefficient (Wildman–Crippen LogP) is 3.16. The van der Waals surface area contributed by atoms with Gasteiger partial charge < -0.3 is 4.74 Å². The molecule has 1 aliphatic rings. The van der Waals surface area contributed by atoms with Crippen LogP contribution in [0.1, 0.15) is 26.7 Å². The Labute approximate surface area is 125 Å². The maximum absolute atomic E-state index is 12.9. The molecule has 0 aliphatic carbocycles. The fourth-order valence-electron chi connectivity index (χ4n) is 2.71. The number of methoxy groups -OCH3 is 1. The van der Waals surface area contributed by atoms with Gasteiger partial charge in [0, 0.05) is 17.6 Å². The number of nitrogens with zero attached hydrogens (tertiary/aromatic N) is 1. The summed E-state index contributed by atoms with van der Waals surface area (Å²) in [5, 5.41) is 0.393. The summed E-state index contributed by atoms with van der Waals surface area (Å²) in [6.45, 7) is 4.66. The van der Waals surface area contributed by atoms with Gasteiger partial charge >= 0.3 is 0 Å². The summed E-state index contributed by atoms with van der Waals surface area (Å²) < 4.78 is 32.5. The minimum atomic E-state index is -3.57. The largest absolute Gasteiger partial charge is 0.495 e. The van der Waals surface area contributed by atoms with Crippen LogP contribution in [0.4, 0.5) is 0 Å². The van der Waals surface area contributed by atoms with E-state index >= 15 is 0 Å². The summed E-state index contributed by atoms with van der Waals surface area (Å²) >= 11 is 5.95. The van der Waals surface area contributed by atoms with E-state index in [2.05, 4.69) is 0 Å². The molecule has 112 valence electrons. The molecule has 0 N–H and O–H groups in total. The molecule has 4 nitrogen and oxygen atoms in total. The molecule has 0 radical (unpaired) electrons. The van der Waals surface area contributed by atoms with Gasteiger partial charge in [0.05, 0.1) is 7.11 Å². The van der Waals surface area contributed by atoms with Crippen molar-refractivity contribution in [1.29, 1.82) is 0 Å². The molecule has 20 heavy (non-hydrogen) atoms. The summed E-state index contributed by atoms with van der Waals surface area (Å²) in [5.74, 6) is 0.626. The first-order valence-electron chi connectivity index (χ1n) is 6.73. The van der Waals surface area contributed by atoms with Crippen molar-refractivity contribution in [2.45, 2.75) is 37.6 Å². The van der Waals surface area contributed by atoms with Crippen molar-refractivity contribution in [3.8, 4) is 5.75 Å². The van der Waals surface area contributed by atoms with Crippen LogP contribution in [0.15, 0.2) is 23.1 Å². The number of halogens is 1. The second kappa shape index (κ2) is 5.92. The average molecular weight is 318 g/mol. The molecule has 0 spiro atoms. The van der Waals surface area contributed by atoms with Gasteiger partial charge in [-0.05, 0) is 37.0 Å². The van der Waals surface area contributed by atoms with Crippen molar-refractivity contribution < 1.29 is 13.2 Å². The Balaban J connectivity index is 2.47. The van der Waals surface area contributed by atoms with Crippen LogP contribution in [-0.4, -0.2) is 32.4 Å². The summed E-state index contributed by atoms with van der Waals surface area (Å²) in [4.78, 5) is 0.153. The van der Waals surface area contributed by atoms with Crippen molar-refractivity contribution >= 4 is 21.6 Å². The van der Waals surface area contributed by atoms with Crippen molar-refractivity contribution in [1.82, 2.24) is 4.31 Å². The van der Waals surface area contributed by atoms with E-state index in [1.54, 1.807) is 16.4 Å². The van der Waals surface area contributed by atoms with E-state index < -0.39 is 10.0 Å². The Morgan fingerprint density at radius 2 is 2.10 bits per heavy atom. The van der Waals surface area contributed by atoms with Crippen LogP contribution in [0.3, 0.4) is 0 Å². The lowest BCUT2D eigenvalue weighted by Gasteiger charge is -2.27. The van der Waals surface area contributed by atoms with E-state index in [1.165, 1.54) is 13.2 Å². The van der Waals surface area contributed by atoms with Crippen molar-refractivity contribution in [3.05, 3.63) is 23.2 Å². The molecule has 0 aromatic heterocycles. The summed E-state index contributed by atoms with van der Waals surface area (Å²) in [6, 6.07) is 4.73. The number of ether oxygens (including phenoxy) is 1. The Bertz CT molecular complexity index is 586. The van der Waals surface area contributed by atoms with Crippen LogP contribution in [0.2, 0.25) is 5.02 Å². The highest BCUT2D eigenvalue weighted by Crippen LogP contribution is 2.35. The highest BCUT2D eigenvalue weighted by Gasteiger charge is 2.38. The fraction of sp³-hybridized carbons (Fsp3) is 0.571. The third kappa shape index (κ3) is 2.80. The van der Waals surface area contributed by atoms with E-state index in [0.717, 1.165) is 12.8 Å².